The molecule has 3 nitrogen and oxygen atoms in total. The lowest BCUT2D eigenvalue weighted by Crippen LogP contribution is -2.53. The zero-order valence-electron chi connectivity index (χ0n) is 10.7. The number of amides is 1. The zero-order chi connectivity index (χ0) is 12.0. The quantitative estimate of drug-likeness (QED) is 0.780. The van der Waals surface area contributed by atoms with Gasteiger partial charge in [0, 0.05) is 6.04 Å². The van der Waals surface area contributed by atoms with E-state index in [0.29, 0.717) is 6.04 Å². The van der Waals surface area contributed by atoms with Crippen molar-refractivity contribution in [3.8, 4) is 0 Å². The molecule has 3 heteroatoms. The molecule has 3 N–H and O–H groups in total. The van der Waals surface area contributed by atoms with Crippen molar-refractivity contribution in [2.75, 3.05) is 6.54 Å². The second-order valence-electron chi connectivity index (χ2n) is 6.57. The Bertz CT molecular complexity index is 287. The fraction of sp³-hybridized carbons (Fsp3) is 0.929. The van der Waals surface area contributed by atoms with Gasteiger partial charge in [0.15, 0.2) is 0 Å². The Balaban J connectivity index is 1.69. The molecule has 4 aliphatic carbocycles. The highest BCUT2D eigenvalue weighted by Crippen LogP contribution is 2.57. The van der Waals surface area contributed by atoms with E-state index >= 15 is 0 Å². The number of hydrogen-bond acceptors (Lipinski definition) is 2. The van der Waals surface area contributed by atoms with Crippen LogP contribution >= 0.6 is 0 Å². The Hall–Kier alpha value is -0.570. The molecule has 0 aromatic rings. The van der Waals surface area contributed by atoms with E-state index in [2.05, 4.69) is 12.2 Å². The molecule has 4 aliphatic rings. The van der Waals surface area contributed by atoms with E-state index in [9.17, 15) is 4.79 Å². The fourth-order valence-corrected chi connectivity index (χ4v) is 5.19. The van der Waals surface area contributed by atoms with Crippen molar-refractivity contribution in [1.82, 2.24) is 5.32 Å². The molecule has 0 heterocycles. The summed E-state index contributed by atoms with van der Waals surface area (Å²) in [7, 11) is 0. The van der Waals surface area contributed by atoms with Crippen LogP contribution in [0.15, 0.2) is 0 Å². The molecule has 96 valence electrons. The molecule has 4 rings (SSSR count). The third-order valence-electron chi connectivity index (χ3n) is 5.45. The monoisotopic (exact) mass is 236 g/mol. The molecule has 4 bridgehead atoms. The third-order valence-corrected chi connectivity index (χ3v) is 5.45. The van der Waals surface area contributed by atoms with Crippen LogP contribution in [0.25, 0.3) is 0 Å². The molecule has 4 saturated carbocycles. The van der Waals surface area contributed by atoms with Crippen molar-refractivity contribution >= 4 is 5.91 Å². The number of hydrogen-bond donors (Lipinski definition) is 2. The minimum Gasteiger partial charge on any atom is -0.352 e. The summed E-state index contributed by atoms with van der Waals surface area (Å²) < 4.78 is 0. The summed E-state index contributed by atoms with van der Waals surface area (Å²) in [5.74, 6) is 4.49. The smallest absolute Gasteiger partial charge is 0.233 e. The molecule has 4 fully saturated rings. The van der Waals surface area contributed by atoms with Crippen molar-refractivity contribution in [2.45, 2.75) is 45.1 Å². The van der Waals surface area contributed by atoms with Crippen molar-refractivity contribution in [2.24, 2.45) is 35.3 Å². The van der Waals surface area contributed by atoms with Gasteiger partial charge in [-0.25, -0.2) is 0 Å². The molecular weight excluding hydrogens is 212 g/mol. The highest BCUT2D eigenvalue weighted by Gasteiger charge is 2.49. The van der Waals surface area contributed by atoms with Crippen LogP contribution in [0.3, 0.4) is 0 Å². The Labute approximate surface area is 104 Å². The maximum atomic E-state index is 11.4. The molecule has 1 amide bonds. The molecule has 0 aliphatic heterocycles. The molecule has 1 atom stereocenters. The number of carbonyl (C=O) groups is 1. The van der Waals surface area contributed by atoms with Gasteiger partial charge in [0.25, 0.3) is 0 Å². The van der Waals surface area contributed by atoms with Gasteiger partial charge in [-0.3, -0.25) is 4.79 Å². The fourth-order valence-electron chi connectivity index (χ4n) is 5.19. The van der Waals surface area contributed by atoms with E-state index in [1.165, 1.54) is 32.1 Å². The first-order chi connectivity index (χ1) is 8.17. The normalized spacial score (nSPS) is 44.7. The zero-order valence-corrected chi connectivity index (χ0v) is 10.7. The summed E-state index contributed by atoms with van der Waals surface area (Å²) >= 11 is 0. The van der Waals surface area contributed by atoms with Gasteiger partial charge in [0.05, 0.1) is 6.54 Å². The minimum atomic E-state index is 0.00584. The molecular formula is C14H24N2O. The Morgan fingerprint density at radius 2 is 1.71 bits per heavy atom. The van der Waals surface area contributed by atoms with Crippen LogP contribution in [0.5, 0.6) is 0 Å². The number of nitrogens with one attached hydrogen (secondary N) is 1. The van der Waals surface area contributed by atoms with Gasteiger partial charge >= 0.3 is 0 Å². The van der Waals surface area contributed by atoms with Crippen LogP contribution in [0.2, 0.25) is 0 Å². The molecule has 0 aromatic carbocycles. The summed E-state index contributed by atoms with van der Waals surface area (Å²) in [5, 5.41) is 3.09. The summed E-state index contributed by atoms with van der Waals surface area (Å²) in [5.41, 5.74) is 5.38. The number of nitrogens with two attached hydrogens (primary N) is 1. The standard InChI is InChI=1S/C14H24N2O/c1-8(16-13(17)7-15)14-11-3-9-2-10(5-11)6-12(14)4-9/h8-12,14H,2-7,15H2,1H3,(H,16,17). The highest BCUT2D eigenvalue weighted by atomic mass is 16.1. The van der Waals surface area contributed by atoms with E-state index in [4.69, 9.17) is 5.73 Å². The van der Waals surface area contributed by atoms with Crippen molar-refractivity contribution < 1.29 is 4.79 Å². The van der Waals surface area contributed by atoms with Gasteiger partial charge in [0.1, 0.15) is 0 Å². The van der Waals surface area contributed by atoms with Crippen molar-refractivity contribution in [1.29, 1.82) is 0 Å². The maximum Gasteiger partial charge on any atom is 0.233 e. The number of carbonyl (C=O) groups excluding carboxylic acids is 1. The van der Waals surface area contributed by atoms with Gasteiger partial charge in [-0.05, 0) is 68.6 Å². The van der Waals surface area contributed by atoms with E-state index in [-0.39, 0.29) is 12.5 Å². The summed E-state index contributed by atoms with van der Waals surface area (Å²) in [4.78, 5) is 11.4. The second kappa shape index (κ2) is 4.27. The van der Waals surface area contributed by atoms with Gasteiger partial charge in [-0.2, -0.15) is 0 Å². The highest BCUT2D eigenvalue weighted by molar-refractivity contribution is 5.78. The van der Waals surface area contributed by atoms with E-state index in [0.717, 1.165) is 29.6 Å². The number of rotatable bonds is 3. The topological polar surface area (TPSA) is 55.1 Å². The summed E-state index contributed by atoms with van der Waals surface area (Å²) in [6.45, 7) is 2.30. The van der Waals surface area contributed by atoms with Crippen LogP contribution in [0.1, 0.15) is 39.0 Å². The van der Waals surface area contributed by atoms with E-state index in [1.807, 2.05) is 0 Å². The van der Waals surface area contributed by atoms with E-state index < -0.39 is 0 Å². The predicted octanol–water partition coefficient (Wildman–Crippen LogP) is 1.52. The minimum absolute atomic E-state index is 0.00584. The molecule has 17 heavy (non-hydrogen) atoms. The molecule has 0 saturated heterocycles. The van der Waals surface area contributed by atoms with Crippen LogP contribution in [0.4, 0.5) is 0 Å². The lowest BCUT2D eigenvalue weighted by Gasteiger charge is -2.56. The molecule has 1 unspecified atom stereocenters. The maximum absolute atomic E-state index is 11.4. The Morgan fingerprint density at radius 1 is 1.18 bits per heavy atom. The lowest BCUT2D eigenvalue weighted by atomic mass is 9.50. The molecule has 0 spiro atoms. The lowest BCUT2D eigenvalue weighted by molar-refractivity contribution is -0.122. The van der Waals surface area contributed by atoms with Crippen LogP contribution in [0, 0.1) is 29.6 Å². The van der Waals surface area contributed by atoms with Crippen molar-refractivity contribution in [3.63, 3.8) is 0 Å². The summed E-state index contributed by atoms with van der Waals surface area (Å²) in [6.07, 6.45) is 7.16. The van der Waals surface area contributed by atoms with E-state index in [1.54, 1.807) is 0 Å². The average molecular weight is 236 g/mol. The SMILES string of the molecule is CC(NC(=O)CN)C1C2CC3CC(C2)CC1C3. The van der Waals surface area contributed by atoms with Crippen molar-refractivity contribution in [3.05, 3.63) is 0 Å². The third kappa shape index (κ3) is 1.99. The van der Waals surface area contributed by atoms with Gasteiger partial charge in [0.2, 0.25) is 5.91 Å². The Kier molecular flexibility index (Phi) is 2.89. The predicted molar refractivity (Wildman–Crippen MR) is 67.2 cm³/mol. The first-order valence-corrected chi connectivity index (χ1v) is 7.16. The Morgan fingerprint density at radius 3 is 2.18 bits per heavy atom. The first-order valence-electron chi connectivity index (χ1n) is 7.16. The van der Waals surface area contributed by atoms with Crippen LogP contribution < -0.4 is 11.1 Å². The van der Waals surface area contributed by atoms with Gasteiger partial charge < -0.3 is 11.1 Å². The second-order valence-corrected chi connectivity index (χ2v) is 6.57. The first kappa shape index (κ1) is 11.5. The van der Waals surface area contributed by atoms with Crippen LogP contribution in [-0.4, -0.2) is 18.5 Å². The van der Waals surface area contributed by atoms with Gasteiger partial charge in [-0.15, -0.1) is 0 Å². The summed E-state index contributed by atoms with van der Waals surface area (Å²) in [6, 6.07) is 0.320. The largest absolute Gasteiger partial charge is 0.352 e. The average Bonchev–Trinajstić information content (AvgIpc) is 2.27. The molecule has 0 aromatic heterocycles. The van der Waals surface area contributed by atoms with Crippen LogP contribution in [-0.2, 0) is 4.79 Å². The van der Waals surface area contributed by atoms with Gasteiger partial charge in [-0.1, -0.05) is 0 Å². The molecule has 0 radical (unpaired) electrons.